The Morgan fingerprint density at radius 1 is 0.885 bits per heavy atom. The molecule has 1 aliphatic rings. The summed E-state index contributed by atoms with van der Waals surface area (Å²) in [6, 6.07) is 23.1. The van der Waals surface area contributed by atoms with Crippen molar-refractivity contribution in [3.8, 4) is 0 Å². The van der Waals surface area contributed by atoms with Crippen molar-refractivity contribution in [1.29, 1.82) is 0 Å². The van der Waals surface area contributed by atoms with Crippen LogP contribution in [-0.2, 0) is 28.1 Å². The van der Waals surface area contributed by atoms with Crippen LogP contribution < -0.4 is 42.4 Å². The van der Waals surface area contributed by atoms with Gasteiger partial charge in [-0.3, -0.25) is 6.08 Å². The molecule has 26 heavy (non-hydrogen) atoms. The molecule has 0 radical (unpaired) electrons. The fourth-order valence-electron chi connectivity index (χ4n) is 3.37. The molecule has 0 saturated carbocycles. The van der Waals surface area contributed by atoms with E-state index >= 15 is 0 Å². The summed E-state index contributed by atoms with van der Waals surface area (Å²) >= 11 is 0. The molecular weight excluding hydrogens is 435 g/mol. The first-order chi connectivity index (χ1) is 10.7. The molecule has 3 rings (SSSR count). The van der Waals surface area contributed by atoms with Gasteiger partial charge >= 0.3 is 21.7 Å². The summed E-state index contributed by atoms with van der Waals surface area (Å²) in [7, 11) is -1.62. The largest absolute Gasteiger partial charge is 4.00 e. The van der Waals surface area contributed by atoms with Crippen LogP contribution in [0.1, 0.15) is 18.9 Å². The quantitative estimate of drug-likeness (QED) is 0.316. The second-order valence-corrected chi connectivity index (χ2v) is 10.7. The molecular formula is C21H23Cl3SiTi. The molecule has 0 N–H and O–H groups in total. The Kier molecular flexibility index (Phi) is 14.0. The van der Waals surface area contributed by atoms with Crippen molar-refractivity contribution in [2.45, 2.75) is 32.4 Å². The van der Waals surface area contributed by atoms with Gasteiger partial charge in [0.2, 0.25) is 0 Å². The van der Waals surface area contributed by atoms with Gasteiger partial charge in [-0.1, -0.05) is 85.4 Å². The van der Waals surface area contributed by atoms with Crippen LogP contribution in [0.25, 0.3) is 0 Å². The monoisotopic (exact) mass is 456 g/mol. The van der Waals surface area contributed by atoms with Gasteiger partial charge < -0.3 is 37.2 Å². The summed E-state index contributed by atoms with van der Waals surface area (Å²) in [6.45, 7) is 4.85. The second kappa shape index (κ2) is 13.0. The Morgan fingerprint density at radius 2 is 1.42 bits per heavy atom. The third kappa shape index (κ3) is 6.12. The van der Waals surface area contributed by atoms with E-state index in [2.05, 4.69) is 86.3 Å². The summed E-state index contributed by atoms with van der Waals surface area (Å²) in [6.07, 6.45) is 8.05. The summed E-state index contributed by atoms with van der Waals surface area (Å²) < 4.78 is 0. The molecule has 1 atom stereocenters. The van der Waals surface area contributed by atoms with E-state index in [9.17, 15) is 0 Å². The minimum absolute atomic E-state index is 0. The maximum atomic E-state index is 3.62. The Labute approximate surface area is 192 Å². The molecule has 1 unspecified atom stereocenters. The average molecular weight is 458 g/mol. The van der Waals surface area contributed by atoms with Crippen molar-refractivity contribution in [3.63, 3.8) is 0 Å². The topological polar surface area (TPSA) is 0 Å². The van der Waals surface area contributed by atoms with E-state index in [1.54, 1.807) is 5.20 Å². The zero-order valence-corrected chi connectivity index (χ0v) is 19.9. The van der Waals surface area contributed by atoms with Crippen LogP contribution in [0.4, 0.5) is 0 Å². The van der Waals surface area contributed by atoms with Crippen molar-refractivity contribution >= 4 is 13.3 Å². The molecule has 0 saturated heterocycles. The van der Waals surface area contributed by atoms with Crippen molar-refractivity contribution in [2.75, 3.05) is 0 Å². The van der Waals surface area contributed by atoms with Crippen molar-refractivity contribution in [2.24, 2.45) is 0 Å². The molecule has 0 aromatic heterocycles. The molecule has 2 aromatic rings. The normalized spacial score (nSPS) is 14.2. The molecule has 0 fully saturated rings. The molecule has 0 heterocycles. The van der Waals surface area contributed by atoms with Gasteiger partial charge in [-0.25, -0.2) is 5.57 Å². The number of rotatable bonds is 5. The van der Waals surface area contributed by atoms with Gasteiger partial charge in [0.15, 0.2) is 0 Å². The summed E-state index contributed by atoms with van der Waals surface area (Å²) in [5.74, 6) is 0. The van der Waals surface area contributed by atoms with Crippen LogP contribution in [0, 0.1) is 6.08 Å². The standard InChI is InChI=1S/C21H23Si.3ClH.Ti/c1-3-22(2,20-14-8-5-9-15-20)21-16-10-13-19(21)17-18-11-6-4-7-12-18;;;;/h4-9,11-12,14-16H,3,10,17H2,1-2H3;3*1H;/q-1;;;;+4/p-3. The van der Waals surface area contributed by atoms with Crippen molar-refractivity contribution < 1.29 is 58.9 Å². The second-order valence-electron chi connectivity index (χ2n) is 6.19. The van der Waals surface area contributed by atoms with Crippen molar-refractivity contribution in [1.82, 2.24) is 0 Å². The number of halogens is 3. The number of benzene rings is 2. The molecule has 0 spiro atoms. The van der Waals surface area contributed by atoms with Gasteiger partial charge in [0.1, 0.15) is 0 Å². The van der Waals surface area contributed by atoms with Gasteiger partial charge in [0.25, 0.3) is 0 Å². The first-order valence-corrected chi connectivity index (χ1v) is 10.8. The predicted molar refractivity (Wildman–Crippen MR) is 97.8 cm³/mol. The Hall–Kier alpha value is -0.279. The van der Waals surface area contributed by atoms with Crippen LogP contribution in [0.15, 0.2) is 77.5 Å². The van der Waals surface area contributed by atoms with E-state index in [0.29, 0.717) is 0 Å². The Balaban J connectivity index is 0. The van der Waals surface area contributed by atoms with Crippen LogP contribution in [0.5, 0.6) is 0 Å². The van der Waals surface area contributed by atoms with E-state index in [-0.39, 0.29) is 58.9 Å². The maximum Gasteiger partial charge on any atom is 4.00 e. The minimum Gasteiger partial charge on any atom is -1.00 e. The molecule has 1 aliphatic carbocycles. The molecule has 2 aromatic carbocycles. The first-order valence-electron chi connectivity index (χ1n) is 8.14. The van der Waals surface area contributed by atoms with Crippen molar-refractivity contribution in [3.05, 3.63) is 89.1 Å². The zero-order valence-electron chi connectivity index (χ0n) is 15.1. The molecule has 0 amide bonds. The van der Waals surface area contributed by atoms with Gasteiger partial charge in [0.05, 0.1) is 0 Å². The third-order valence-corrected chi connectivity index (χ3v) is 9.60. The first kappa shape index (κ1) is 27.9. The minimum atomic E-state index is -1.62. The summed E-state index contributed by atoms with van der Waals surface area (Å²) in [5.41, 5.74) is 2.82. The molecule has 0 aliphatic heterocycles. The Bertz CT molecular complexity index is 702. The van der Waals surface area contributed by atoms with E-state index in [1.807, 2.05) is 0 Å². The molecule has 0 bridgehead atoms. The SMILES string of the molecule is CC[Si](C)(C1=CC[C-]=C1Cc1ccccc1)c1ccccc1.[Cl-].[Cl-].[Cl-].[Ti+4]. The summed E-state index contributed by atoms with van der Waals surface area (Å²) in [5, 5.41) is 3.14. The fraction of sp³-hybridized carbons (Fsp3) is 0.238. The van der Waals surface area contributed by atoms with Crippen LogP contribution >= 0.6 is 0 Å². The average Bonchev–Trinajstić information content (AvgIpc) is 3.04. The molecule has 136 valence electrons. The van der Waals surface area contributed by atoms with Gasteiger partial charge in [0, 0.05) is 8.07 Å². The maximum absolute atomic E-state index is 3.62. The third-order valence-electron chi connectivity index (χ3n) is 4.88. The number of allylic oxidation sites excluding steroid dienone is 4. The van der Waals surface area contributed by atoms with Crippen LogP contribution in [0.3, 0.4) is 0 Å². The summed E-state index contributed by atoms with van der Waals surface area (Å²) in [4.78, 5) is 0. The van der Waals surface area contributed by atoms with Crippen LogP contribution in [0.2, 0.25) is 12.6 Å². The predicted octanol–water partition coefficient (Wildman–Crippen LogP) is -4.16. The van der Waals surface area contributed by atoms with Crippen LogP contribution in [-0.4, -0.2) is 8.07 Å². The molecule has 0 nitrogen and oxygen atoms in total. The van der Waals surface area contributed by atoms with E-state index < -0.39 is 8.07 Å². The van der Waals surface area contributed by atoms with E-state index in [4.69, 9.17) is 0 Å². The smallest absolute Gasteiger partial charge is 1.00 e. The Morgan fingerprint density at radius 3 is 1.96 bits per heavy atom. The fourth-order valence-corrected chi connectivity index (χ4v) is 6.79. The number of hydrogen-bond acceptors (Lipinski definition) is 0. The van der Waals surface area contributed by atoms with E-state index in [0.717, 1.165) is 12.8 Å². The van der Waals surface area contributed by atoms with Gasteiger partial charge in [-0.15, -0.1) is 6.42 Å². The van der Waals surface area contributed by atoms with Gasteiger partial charge in [-0.05, 0) is 12.0 Å². The van der Waals surface area contributed by atoms with E-state index in [1.165, 1.54) is 22.4 Å². The van der Waals surface area contributed by atoms with Gasteiger partial charge in [-0.2, -0.15) is 11.3 Å². The number of hydrogen-bond donors (Lipinski definition) is 0. The molecule has 5 heteroatoms. The zero-order chi connectivity index (χ0) is 15.4.